The molecule has 2 rings (SSSR count). The molecule has 1 aliphatic heterocycles. The normalized spacial score (nSPS) is 20.2. The third-order valence-electron chi connectivity index (χ3n) is 2.11. The minimum absolute atomic E-state index is 0.177. The first kappa shape index (κ1) is 10.3. The highest BCUT2D eigenvalue weighted by Gasteiger charge is 2.23. The Hall–Kier alpha value is -1.20. The molecule has 80 valence electrons. The van der Waals surface area contributed by atoms with E-state index in [1.54, 1.807) is 12.1 Å². The van der Waals surface area contributed by atoms with Gasteiger partial charge in [0.15, 0.2) is 11.0 Å². The average Bonchev–Trinajstić information content (AvgIpc) is 2.74. The first-order valence-electron chi connectivity index (χ1n) is 4.67. The molecule has 1 aromatic rings. The molecule has 1 N–H and O–H groups in total. The fourth-order valence-corrected chi connectivity index (χ4v) is 1.47. The summed E-state index contributed by atoms with van der Waals surface area (Å²) >= 11 is 5.56. The van der Waals surface area contributed by atoms with Crippen LogP contribution in [0.15, 0.2) is 12.1 Å². The Labute approximate surface area is 91.8 Å². The van der Waals surface area contributed by atoms with E-state index < -0.39 is 0 Å². The summed E-state index contributed by atoms with van der Waals surface area (Å²) in [5, 5.41) is 10.3. The summed E-state index contributed by atoms with van der Waals surface area (Å²) in [6.45, 7) is 0.643. The Morgan fingerprint density at radius 3 is 3.00 bits per heavy atom. The maximum absolute atomic E-state index is 11.6. The van der Waals surface area contributed by atoms with E-state index in [1.165, 1.54) is 0 Å². The number of hydrogen-bond acceptors (Lipinski definition) is 4. The second-order valence-corrected chi connectivity index (χ2v) is 3.62. The molecule has 0 bridgehead atoms. The lowest BCUT2D eigenvalue weighted by Crippen LogP contribution is -2.27. The molecular weight excluding hydrogens is 218 g/mol. The number of anilines is 1. The first-order chi connectivity index (χ1) is 7.25. The Bertz CT molecular complexity index is 349. The average molecular weight is 228 g/mol. The molecule has 1 fully saturated rings. The van der Waals surface area contributed by atoms with E-state index in [1.807, 2.05) is 0 Å². The van der Waals surface area contributed by atoms with Gasteiger partial charge in [-0.2, -0.15) is 0 Å². The van der Waals surface area contributed by atoms with Gasteiger partial charge in [0.1, 0.15) is 6.10 Å². The maximum Gasteiger partial charge on any atom is 0.254 e. The van der Waals surface area contributed by atoms with Crippen LogP contribution in [0.1, 0.15) is 12.8 Å². The Morgan fingerprint density at radius 2 is 2.40 bits per heavy atom. The van der Waals surface area contributed by atoms with Crippen LogP contribution in [-0.2, 0) is 9.53 Å². The fourth-order valence-electron chi connectivity index (χ4n) is 1.37. The number of carbonyl (C=O) groups is 1. The lowest BCUT2D eigenvalue weighted by Gasteiger charge is -2.08. The number of amides is 1. The molecule has 0 aromatic carbocycles. The van der Waals surface area contributed by atoms with Gasteiger partial charge in [0.25, 0.3) is 5.91 Å². The molecule has 1 unspecified atom stereocenters. The van der Waals surface area contributed by atoms with Crippen molar-refractivity contribution in [3.05, 3.63) is 17.3 Å². The van der Waals surface area contributed by atoms with Gasteiger partial charge in [-0.25, -0.2) is 0 Å². The van der Waals surface area contributed by atoms with E-state index in [0.717, 1.165) is 12.8 Å². The molecule has 0 radical (unpaired) electrons. The molecule has 0 saturated carbocycles. The van der Waals surface area contributed by atoms with E-state index in [9.17, 15) is 4.79 Å². The van der Waals surface area contributed by atoms with Gasteiger partial charge in [-0.3, -0.25) is 4.79 Å². The molecule has 1 aromatic heterocycles. The lowest BCUT2D eigenvalue weighted by molar-refractivity contribution is -0.124. The fraction of sp³-hybridized carbons (Fsp3) is 0.444. The van der Waals surface area contributed by atoms with Crippen molar-refractivity contribution in [2.45, 2.75) is 18.9 Å². The van der Waals surface area contributed by atoms with Crippen molar-refractivity contribution < 1.29 is 9.53 Å². The number of carbonyl (C=O) groups excluding carboxylic acids is 1. The zero-order chi connectivity index (χ0) is 10.7. The molecule has 6 heteroatoms. The SMILES string of the molecule is O=C(Nc1ccc(Cl)nn1)C1CCCO1. The van der Waals surface area contributed by atoms with E-state index in [4.69, 9.17) is 16.3 Å². The molecular formula is C9H10ClN3O2. The molecule has 15 heavy (non-hydrogen) atoms. The van der Waals surface area contributed by atoms with Crippen molar-refractivity contribution in [3.63, 3.8) is 0 Å². The molecule has 1 aliphatic rings. The van der Waals surface area contributed by atoms with Gasteiger partial charge >= 0.3 is 0 Å². The number of rotatable bonds is 2. The minimum Gasteiger partial charge on any atom is -0.368 e. The van der Waals surface area contributed by atoms with Crippen LogP contribution in [0.4, 0.5) is 5.82 Å². The summed E-state index contributed by atoms with van der Waals surface area (Å²) in [7, 11) is 0. The molecule has 0 spiro atoms. The molecule has 0 aliphatic carbocycles. The molecule has 1 atom stereocenters. The number of aromatic nitrogens is 2. The number of nitrogens with zero attached hydrogens (tertiary/aromatic N) is 2. The van der Waals surface area contributed by atoms with Gasteiger partial charge in [-0.1, -0.05) is 11.6 Å². The predicted molar refractivity (Wildman–Crippen MR) is 54.6 cm³/mol. The third kappa shape index (κ3) is 2.64. The zero-order valence-corrected chi connectivity index (χ0v) is 8.70. The van der Waals surface area contributed by atoms with Crippen LogP contribution in [0, 0.1) is 0 Å². The molecule has 1 amide bonds. The summed E-state index contributed by atoms with van der Waals surface area (Å²) in [5.74, 6) is 0.212. The summed E-state index contributed by atoms with van der Waals surface area (Å²) < 4.78 is 5.22. The van der Waals surface area contributed by atoms with Gasteiger partial charge in [0.2, 0.25) is 0 Å². The smallest absolute Gasteiger partial charge is 0.254 e. The molecule has 5 nitrogen and oxygen atoms in total. The highest BCUT2D eigenvalue weighted by atomic mass is 35.5. The van der Waals surface area contributed by atoms with E-state index in [-0.39, 0.29) is 12.0 Å². The summed E-state index contributed by atoms with van der Waals surface area (Å²) in [4.78, 5) is 11.6. The third-order valence-corrected chi connectivity index (χ3v) is 2.31. The second-order valence-electron chi connectivity index (χ2n) is 3.23. The number of halogens is 1. The monoisotopic (exact) mass is 227 g/mol. The van der Waals surface area contributed by atoms with Crippen molar-refractivity contribution in [2.24, 2.45) is 0 Å². The van der Waals surface area contributed by atoms with Crippen molar-refractivity contribution in [2.75, 3.05) is 11.9 Å². The number of ether oxygens (including phenoxy) is 1. The van der Waals surface area contributed by atoms with Gasteiger partial charge in [0, 0.05) is 6.61 Å². The Kier molecular flexibility index (Phi) is 3.13. The highest BCUT2D eigenvalue weighted by molar-refractivity contribution is 6.29. The quantitative estimate of drug-likeness (QED) is 0.826. The first-order valence-corrected chi connectivity index (χ1v) is 5.05. The van der Waals surface area contributed by atoms with Crippen LogP contribution in [0.3, 0.4) is 0 Å². The van der Waals surface area contributed by atoms with Crippen molar-refractivity contribution in [1.82, 2.24) is 10.2 Å². The summed E-state index contributed by atoms with van der Waals surface area (Å²) in [6.07, 6.45) is 1.32. The van der Waals surface area contributed by atoms with Crippen molar-refractivity contribution in [1.29, 1.82) is 0 Å². The van der Waals surface area contributed by atoms with Crippen molar-refractivity contribution in [3.8, 4) is 0 Å². The second kappa shape index (κ2) is 4.55. The summed E-state index contributed by atoms with van der Waals surface area (Å²) in [6, 6.07) is 3.17. The number of nitrogens with one attached hydrogen (secondary N) is 1. The maximum atomic E-state index is 11.6. The van der Waals surface area contributed by atoms with Gasteiger partial charge in [-0.15, -0.1) is 10.2 Å². The topological polar surface area (TPSA) is 64.1 Å². The lowest BCUT2D eigenvalue weighted by atomic mass is 10.2. The van der Waals surface area contributed by atoms with Crippen molar-refractivity contribution >= 4 is 23.3 Å². The molecule has 2 heterocycles. The Balaban J connectivity index is 1.96. The van der Waals surface area contributed by atoms with Crippen LogP contribution in [0.5, 0.6) is 0 Å². The Morgan fingerprint density at radius 1 is 1.53 bits per heavy atom. The van der Waals surface area contributed by atoms with E-state index in [0.29, 0.717) is 17.6 Å². The van der Waals surface area contributed by atoms with Crippen LogP contribution in [-0.4, -0.2) is 28.8 Å². The van der Waals surface area contributed by atoms with Crippen LogP contribution in [0.2, 0.25) is 5.15 Å². The van der Waals surface area contributed by atoms with Crippen LogP contribution in [0.25, 0.3) is 0 Å². The zero-order valence-electron chi connectivity index (χ0n) is 7.94. The van der Waals surface area contributed by atoms with Gasteiger partial charge in [-0.05, 0) is 25.0 Å². The summed E-state index contributed by atoms with van der Waals surface area (Å²) in [5.41, 5.74) is 0. The van der Waals surface area contributed by atoms with Gasteiger partial charge < -0.3 is 10.1 Å². The molecule has 1 saturated heterocycles. The van der Waals surface area contributed by atoms with E-state index >= 15 is 0 Å². The van der Waals surface area contributed by atoms with Crippen LogP contribution < -0.4 is 5.32 Å². The standard InChI is InChI=1S/C9H10ClN3O2/c10-7-3-4-8(13-12-7)11-9(14)6-2-1-5-15-6/h3-4,6H,1-2,5H2,(H,11,13,14). The number of hydrogen-bond donors (Lipinski definition) is 1. The largest absolute Gasteiger partial charge is 0.368 e. The highest BCUT2D eigenvalue weighted by Crippen LogP contribution is 2.14. The predicted octanol–water partition coefficient (Wildman–Crippen LogP) is 1.25. The van der Waals surface area contributed by atoms with Crippen LogP contribution >= 0.6 is 11.6 Å². The minimum atomic E-state index is -0.359. The van der Waals surface area contributed by atoms with E-state index in [2.05, 4.69) is 15.5 Å². The van der Waals surface area contributed by atoms with Gasteiger partial charge in [0.05, 0.1) is 0 Å².